The predicted molar refractivity (Wildman–Crippen MR) is 128 cm³/mol. The van der Waals surface area contributed by atoms with Crippen molar-refractivity contribution >= 4 is 22.6 Å². The summed E-state index contributed by atoms with van der Waals surface area (Å²) in [5, 5.41) is 16.5. The molecule has 1 saturated heterocycles. The predicted octanol–water partition coefficient (Wildman–Crippen LogP) is 4.27. The van der Waals surface area contributed by atoms with Gasteiger partial charge in [-0.05, 0) is 86.5 Å². The highest BCUT2D eigenvalue weighted by Crippen LogP contribution is 2.39. The van der Waals surface area contributed by atoms with Gasteiger partial charge in [0.15, 0.2) is 5.58 Å². The van der Waals surface area contributed by atoms with E-state index in [4.69, 9.17) is 4.52 Å². The summed E-state index contributed by atoms with van der Waals surface area (Å²) >= 11 is 0. The van der Waals surface area contributed by atoms with Crippen LogP contribution in [0.5, 0.6) is 0 Å². The van der Waals surface area contributed by atoms with Gasteiger partial charge in [-0.1, -0.05) is 23.4 Å². The number of fused-ring (bicyclic) bond motifs is 1. The number of aliphatic hydroxyl groups is 1. The van der Waals surface area contributed by atoms with Crippen molar-refractivity contribution in [3.63, 3.8) is 0 Å². The van der Waals surface area contributed by atoms with Gasteiger partial charge in [-0.25, -0.2) is 0 Å². The number of amides is 1. The Morgan fingerprint density at radius 3 is 2.70 bits per heavy atom. The van der Waals surface area contributed by atoms with E-state index in [0.29, 0.717) is 12.3 Å². The van der Waals surface area contributed by atoms with Crippen molar-refractivity contribution in [3.8, 4) is 0 Å². The van der Waals surface area contributed by atoms with Crippen LogP contribution in [0.25, 0.3) is 11.0 Å². The van der Waals surface area contributed by atoms with Gasteiger partial charge in [0.25, 0.3) is 0 Å². The lowest BCUT2D eigenvalue weighted by molar-refractivity contribution is -0.118. The van der Waals surface area contributed by atoms with Gasteiger partial charge in [0, 0.05) is 30.8 Å². The zero-order valence-corrected chi connectivity index (χ0v) is 19.2. The molecule has 33 heavy (non-hydrogen) atoms. The van der Waals surface area contributed by atoms with E-state index < -0.39 is 6.10 Å². The topological polar surface area (TPSA) is 69.8 Å². The average molecular weight is 446 g/mol. The lowest BCUT2D eigenvalue weighted by Crippen LogP contribution is -2.34. The van der Waals surface area contributed by atoms with E-state index in [0.717, 1.165) is 86.2 Å². The van der Waals surface area contributed by atoms with E-state index in [2.05, 4.69) is 47.3 Å². The summed E-state index contributed by atoms with van der Waals surface area (Å²) < 4.78 is 5.59. The Morgan fingerprint density at radius 2 is 1.88 bits per heavy atom. The lowest BCUT2D eigenvalue weighted by Gasteiger charge is -2.32. The molecule has 1 aromatic heterocycles. The van der Waals surface area contributed by atoms with Crippen LogP contribution in [-0.2, 0) is 17.6 Å². The van der Waals surface area contributed by atoms with Crippen LogP contribution in [0.15, 0.2) is 34.9 Å². The lowest BCUT2D eigenvalue weighted by atomic mass is 9.91. The van der Waals surface area contributed by atoms with Crippen LogP contribution in [0, 0.1) is 6.92 Å². The maximum absolute atomic E-state index is 12.2. The second kappa shape index (κ2) is 8.26. The summed E-state index contributed by atoms with van der Waals surface area (Å²) in [6.45, 7) is 5.79. The van der Waals surface area contributed by atoms with Crippen LogP contribution in [0.4, 0.5) is 5.69 Å². The van der Waals surface area contributed by atoms with Crippen LogP contribution in [0.1, 0.15) is 65.7 Å². The number of likely N-dealkylation sites (tertiary alicyclic amines) is 1. The molecule has 0 aliphatic carbocycles. The van der Waals surface area contributed by atoms with Gasteiger partial charge in [0.2, 0.25) is 5.91 Å². The molecule has 1 amide bonds. The summed E-state index contributed by atoms with van der Waals surface area (Å²) in [5.74, 6) is 0.678. The number of rotatable bonds is 5. The second-order valence-corrected chi connectivity index (χ2v) is 9.97. The number of benzene rings is 2. The molecule has 2 aromatic carbocycles. The van der Waals surface area contributed by atoms with Crippen molar-refractivity contribution in [1.82, 2.24) is 10.1 Å². The Morgan fingerprint density at radius 1 is 1.09 bits per heavy atom. The van der Waals surface area contributed by atoms with Gasteiger partial charge in [-0.3, -0.25) is 4.79 Å². The Hall–Kier alpha value is -2.70. The van der Waals surface area contributed by atoms with E-state index in [9.17, 15) is 9.90 Å². The number of hydrogen-bond donors (Lipinski definition) is 1. The normalized spacial score (nSPS) is 19.9. The quantitative estimate of drug-likeness (QED) is 0.635. The molecule has 6 nitrogen and oxygen atoms in total. The van der Waals surface area contributed by atoms with E-state index >= 15 is 0 Å². The third-order valence-electron chi connectivity index (χ3n) is 7.81. The second-order valence-electron chi connectivity index (χ2n) is 9.97. The SMILES string of the molecule is Cc1ccc2c(C3CCN(CCC(O)c4cc5c6c(c4)CCN6C(=O)CC5)CC3)noc2c1. The first-order valence-electron chi connectivity index (χ1n) is 12.3. The van der Waals surface area contributed by atoms with Crippen LogP contribution < -0.4 is 4.90 Å². The number of aryl methyl sites for hydroxylation is 2. The molecule has 1 fully saturated rings. The molecule has 1 atom stereocenters. The highest BCUT2D eigenvalue weighted by molar-refractivity contribution is 5.98. The third kappa shape index (κ3) is 3.75. The molecule has 0 spiro atoms. The Balaban J connectivity index is 1.07. The van der Waals surface area contributed by atoms with Gasteiger partial charge in [-0.15, -0.1) is 0 Å². The first-order valence-corrected chi connectivity index (χ1v) is 12.3. The minimum absolute atomic E-state index is 0.242. The fraction of sp³-hybridized carbons (Fsp3) is 0.481. The number of anilines is 1. The molecule has 0 radical (unpaired) electrons. The van der Waals surface area contributed by atoms with Crippen molar-refractivity contribution in [3.05, 3.63) is 58.3 Å². The number of aliphatic hydroxyl groups excluding tert-OH is 1. The molecule has 0 saturated carbocycles. The summed E-state index contributed by atoms with van der Waals surface area (Å²) in [6, 6.07) is 10.6. The van der Waals surface area contributed by atoms with Gasteiger partial charge in [0.05, 0.1) is 17.5 Å². The van der Waals surface area contributed by atoms with E-state index in [1.165, 1.54) is 16.7 Å². The smallest absolute Gasteiger partial charge is 0.227 e. The highest BCUT2D eigenvalue weighted by Gasteiger charge is 2.32. The van der Waals surface area contributed by atoms with Crippen molar-refractivity contribution in [2.75, 3.05) is 31.1 Å². The zero-order valence-electron chi connectivity index (χ0n) is 19.2. The molecular weight excluding hydrogens is 414 g/mol. The zero-order chi connectivity index (χ0) is 22.5. The fourth-order valence-electron chi connectivity index (χ4n) is 5.94. The number of piperidine rings is 1. The van der Waals surface area contributed by atoms with Crippen LogP contribution in [0.3, 0.4) is 0 Å². The van der Waals surface area contributed by atoms with Crippen LogP contribution >= 0.6 is 0 Å². The van der Waals surface area contributed by atoms with Crippen molar-refractivity contribution in [2.24, 2.45) is 0 Å². The van der Waals surface area contributed by atoms with Gasteiger partial charge < -0.3 is 19.4 Å². The number of carbonyl (C=O) groups is 1. The average Bonchev–Trinajstić information content (AvgIpc) is 3.45. The number of aromatic nitrogens is 1. The van der Waals surface area contributed by atoms with Gasteiger partial charge in [0.1, 0.15) is 0 Å². The molecular formula is C27H31N3O3. The third-order valence-corrected chi connectivity index (χ3v) is 7.81. The van der Waals surface area contributed by atoms with E-state index in [-0.39, 0.29) is 5.91 Å². The van der Waals surface area contributed by atoms with Crippen molar-refractivity contribution < 1.29 is 14.4 Å². The molecule has 172 valence electrons. The number of nitrogens with zero attached hydrogens (tertiary/aromatic N) is 3. The molecule has 6 rings (SSSR count). The summed E-state index contributed by atoms with van der Waals surface area (Å²) in [6.07, 6.45) is 4.69. The summed E-state index contributed by atoms with van der Waals surface area (Å²) in [4.78, 5) is 16.6. The largest absolute Gasteiger partial charge is 0.388 e. The fourth-order valence-corrected chi connectivity index (χ4v) is 5.94. The maximum atomic E-state index is 12.2. The van der Waals surface area contributed by atoms with Crippen LogP contribution in [-0.4, -0.2) is 47.2 Å². The molecule has 6 heteroatoms. The molecule has 1 unspecified atom stereocenters. The first kappa shape index (κ1) is 20.9. The Bertz CT molecular complexity index is 1210. The molecule has 3 aromatic rings. The Labute approximate surface area is 194 Å². The summed E-state index contributed by atoms with van der Waals surface area (Å²) in [5.41, 5.74) is 7.77. The molecule has 3 aliphatic heterocycles. The molecule has 0 bridgehead atoms. The molecule has 3 aliphatic rings. The van der Waals surface area contributed by atoms with E-state index in [1.807, 2.05) is 4.90 Å². The van der Waals surface area contributed by atoms with Crippen molar-refractivity contribution in [1.29, 1.82) is 0 Å². The number of hydrogen-bond acceptors (Lipinski definition) is 5. The standard InChI is InChI=1S/C27H31N3O3/c1-17-2-4-22-24(14-17)33-28-26(22)18-6-10-29(11-7-18)12-9-23(31)21-15-19-3-5-25(32)30-13-8-20(16-21)27(19)30/h2,4,14-16,18,23,31H,3,5-13H2,1H3. The van der Waals surface area contributed by atoms with Gasteiger partial charge in [-0.2, -0.15) is 0 Å². The minimum atomic E-state index is -0.460. The van der Waals surface area contributed by atoms with Crippen molar-refractivity contribution in [2.45, 2.75) is 57.5 Å². The van der Waals surface area contributed by atoms with E-state index in [1.54, 1.807) is 0 Å². The van der Waals surface area contributed by atoms with Crippen LogP contribution in [0.2, 0.25) is 0 Å². The monoisotopic (exact) mass is 445 g/mol. The Kier molecular flexibility index (Phi) is 5.23. The minimum Gasteiger partial charge on any atom is -0.388 e. The number of carbonyl (C=O) groups excluding carboxylic acids is 1. The maximum Gasteiger partial charge on any atom is 0.227 e. The molecule has 4 heterocycles. The summed E-state index contributed by atoms with van der Waals surface area (Å²) in [7, 11) is 0. The highest BCUT2D eigenvalue weighted by atomic mass is 16.5. The molecule has 1 N–H and O–H groups in total. The first-order chi connectivity index (χ1) is 16.1. The van der Waals surface area contributed by atoms with Gasteiger partial charge >= 0.3 is 0 Å².